The van der Waals surface area contributed by atoms with Crippen molar-refractivity contribution in [2.45, 2.75) is 33.8 Å². The number of nitrogens with one attached hydrogen (secondary N) is 2. The van der Waals surface area contributed by atoms with E-state index in [-0.39, 0.29) is 17.9 Å². The Labute approximate surface area is 162 Å². The molecule has 1 aromatic heterocycles. The average molecular weight is 383 g/mol. The molecule has 0 radical (unpaired) electrons. The fourth-order valence-corrected chi connectivity index (χ4v) is 2.65. The SMILES string of the molecule is CCOC(=O)c1[nH]c(C)c(C(=O)OC(C)C(=O)Nc2cccc(C#N)c2)c1C. The lowest BCUT2D eigenvalue weighted by molar-refractivity contribution is -0.123. The Morgan fingerprint density at radius 3 is 2.61 bits per heavy atom. The van der Waals surface area contributed by atoms with Crippen LogP contribution in [0.25, 0.3) is 0 Å². The van der Waals surface area contributed by atoms with E-state index in [2.05, 4.69) is 10.3 Å². The van der Waals surface area contributed by atoms with E-state index >= 15 is 0 Å². The van der Waals surface area contributed by atoms with Crippen molar-refractivity contribution >= 4 is 23.5 Å². The van der Waals surface area contributed by atoms with Gasteiger partial charge in [-0.25, -0.2) is 9.59 Å². The fraction of sp³-hybridized carbons (Fsp3) is 0.300. The van der Waals surface area contributed by atoms with E-state index in [0.29, 0.717) is 22.5 Å². The molecule has 0 saturated heterocycles. The zero-order valence-corrected chi connectivity index (χ0v) is 16.1. The molecule has 0 spiro atoms. The third-order valence-corrected chi connectivity index (χ3v) is 4.03. The van der Waals surface area contributed by atoms with Gasteiger partial charge in [0, 0.05) is 11.4 Å². The van der Waals surface area contributed by atoms with Gasteiger partial charge in [0.2, 0.25) is 0 Å². The largest absolute Gasteiger partial charge is 0.461 e. The lowest BCUT2D eigenvalue weighted by Crippen LogP contribution is -2.30. The van der Waals surface area contributed by atoms with Gasteiger partial charge in [0.25, 0.3) is 5.91 Å². The van der Waals surface area contributed by atoms with E-state index in [9.17, 15) is 14.4 Å². The summed E-state index contributed by atoms with van der Waals surface area (Å²) in [4.78, 5) is 39.6. The van der Waals surface area contributed by atoms with Crippen molar-refractivity contribution in [3.63, 3.8) is 0 Å². The third kappa shape index (κ3) is 4.57. The Morgan fingerprint density at radius 1 is 1.25 bits per heavy atom. The van der Waals surface area contributed by atoms with Crippen LogP contribution in [0, 0.1) is 25.2 Å². The normalized spacial score (nSPS) is 11.2. The van der Waals surface area contributed by atoms with Crippen LogP contribution in [0.4, 0.5) is 5.69 Å². The molecular formula is C20H21N3O5. The maximum absolute atomic E-state index is 12.5. The first-order valence-corrected chi connectivity index (χ1v) is 8.66. The van der Waals surface area contributed by atoms with Crippen molar-refractivity contribution in [3.8, 4) is 6.07 Å². The number of carbonyl (C=O) groups is 3. The number of amides is 1. The molecule has 1 aromatic carbocycles. The number of aromatic amines is 1. The van der Waals surface area contributed by atoms with E-state index < -0.39 is 23.9 Å². The van der Waals surface area contributed by atoms with E-state index in [1.807, 2.05) is 6.07 Å². The Balaban J connectivity index is 2.10. The molecule has 0 saturated carbocycles. The summed E-state index contributed by atoms with van der Waals surface area (Å²) in [6.45, 7) is 6.56. The molecule has 8 nitrogen and oxygen atoms in total. The number of hydrogen-bond donors (Lipinski definition) is 2. The summed E-state index contributed by atoms with van der Waals surface area (Å²) in [7, 11) is 0. The van der Waals surface area contributed by atoms with Gasteiger partial charge in [-0.05, 0) is 51.5 Å². The first-order chi connectivity index (χ1) is 13.3. The highest BCUT2D eigenvalue weighted by molar-refractivity contribution is 6.01. The van der Waals surface area contributed by atoms with Gasteiger partial charge in [-0.15, -0.1) is 0 Å². The van der Waals surface area contributed by atoms with E-state index in [0.717, 1.165) is 0 Å². The maximum Gasteiger partial charge on any atom is 0.355 e. The molecule has 0 fully saturated rings. The van der Waals surface area contributed by atoms with E-state index in [1.165, 1.54) is 13.0 Å². The second kappa shape index (κ2) is 8.86. The summed E-state index contributed by atoms with van der Waals surface area (Å²) >= 11 is 0. The number of nitrogens with zero attached hydrogens (tertiary/aromatic N) is 1. The highest BCUT2D eigenvalue weighted by Gasteiger charge is 2.26. The highest BCUT2D eigenvalue weighted by atomic mass is 16.5. The number of benzene rings is 1. The number of H-pyrrole nitrogens is 1. The number of ether oxygens (including phenoxy) is 2. The molecule has 1 unspecified atom stereocenters. The minimum Gasteiger partial charge on any atom is -0.461 e. The Kier molecular flexibility index (Phi) is 6.55. The molecule has 0 aliphatic rings. The molecule has 146 valence electrons. The number of aromatic nitrogens is 1. The number of esters is 2. The average Bonchev–Trinajstić information content (AvgIpc) is 2.96. The standard InChI is InChI=1S/C20H21N3O5/c1-5-27-20(26)17-11(2)16(12(3)22-17)19(25)28-13(4)18(24)23-15-8-6-7-14(9-15)10-21/h6-9,13,22H,5H2,1-4H3,(H,23,24). The van der Waals surface area contributed by atoms with Gasteiger partial charge in [0.15, 0.2) is 6.10 Å². The van der Waals surface area contributed by atoms with Crippen molar-refractivity contribution < 1.29 is 23.9 Å². The van der Waals surface area contributed by atoms with Crippen LogP contribution in [0.5, 0.6) is 0 Å². The zero-order chi connectivity index (χ0) is 20.8. The monoisotopic (exact) mass is 383 g/mol. The molecular weight excluding hydrogens is 362 g/mol. The summed E-state index contributed by atoms with van der Waals surface area (Å²) in [5.74, 6) is -1.83. The van der Waals surface area contributed by atoms with Crippen LogP contribution in [0.15, 0.2) is 24.3 Å². The summed E-state index contributed by atoms with van der Waals surface area (Å²) in [5, 5.41) is 11.5. The topological polar surface area (TPSA) is 121 Å². The summed E-state index contributed by atoms with van der Waals surface area (Å²) in [6.07, 6.45) is -1.09. The molecule has 1 heterocycles. The van der Waals surface area contributed by atoms with Gasteiger partial charge in [0.1, 0.15) is 5.69 Å². The number of rotatable bonds is 6. The van der Waals surface area contributed by atoms with Gasteiger partial charge in [-0.1, -0.05) is 6.07 Å². The number of carbonyl (C=O) groups excluding carboxylic acids is 3. The van der Waals surface area contributed by atoms with Crippen molar-refractivity contribution in [1.29, 1.82) is 5.26 Å². The fourth-order valence-electron chi connectivity index (χ4n) is 2.65. The lowest BCUT2D eigenvalue weighted by Gasteiger charge is -2.14. The van der Waals surface area contributed by atoms with Gasteiger partial charge in [-0.3, -0.25) is 4.79 Å². The van der Waals surface area contributed by atoms with Crippen molar-refractivity contribution in [3.05, 3.63) is 52.3 Å². The number of nitriles is 1. The highest BCUT2D eigenvalue weighted by Crippen LogP contribution is 2.21. The van der Waals surface area contributed by atoms with Crippen LogP contribution in [-0.4, -0.2) is 35.5 Å². The second-order valence-electron chi connectivity index (χ2n) is 6.07. The third-order valence-electron chi connectivity index (χ3n) is 4.03. The van der Waals surface area contributed by atoms with Crippen molar-refractivity contribution in [2.75, 3.05) is 11.9 Å². The molecule has 0 aliphatic carbocycles. The molecule has 28 heavy (non-hydrogen) atoms. The van der Waals surface area contributed by atoms with Crippen molar-refractivity contribution in [2.24, 2.45) is 0 Å². The molecule has 2 rings (SSSR count). The molecule has 2 N–H and O–H groups in total. The smallest absolute Gasteiger partial charge is 0.355 e. The Hall–Kier alpha value is -3.60. The van der Waals surface area contributed by atoms with Crippen LogP contribution >= 0.6 is 0 Å². The number of hydrogen-bond acceptors (Lipinski definition) is 6. The summed E-state index contributed by atoms with van der Waals surface area (Å²) in [6, 6.07) is 8.36. The first-order valence-electron chi connectivity index (χ1n) is 8.66. The summed E-state index contributed by atoms with van der Waals surface area (Å²) in [5.41, 5.74) is 2.03. The molecule has 2 aromatic rings. The minimum absolute atomic E-state index is 0.178. The lowest BCUT2D eigenvalue weighted by atomic mass is 10.1. The minimum atomic E-state index is -1.09. The molecule has 0 bridgehead atoms. The quantitative estimate of drug-likeness (QED) is 0.740. The van der Waals surface area contributed by atoms with Crippen LogP contribution in [-0.2, 0) is 14.3 Å². The first kappa shape index (κ1) is 20.7. The second-order valence-corrected chi connectivity index (χ2v) is 6.07. The van der Waals surface area contributed by atoms with Gasteiger partial charge >= 0.3 is 11.9 Å². The molecule has 1 atom stereocenters. The van der Waals surface area contributed by atoms with Crippen LogP contribution in [0.3, 0.4) is 0 Å². The maximum atomic E-state index is 12.5. The van der Waals surface area contributed by atoms with E-state index in [4.69, 9.17) is 14.7 Å². The van der Waals surface area contributed by atoms with Gasteiger partial charge in [-0.2, -0.15) is 5.26 Å². The molecule has 1 amide bonds. The molecule has 8 heteroatoms. The van der Waals surface area contributed by atoms with Gasteiger partial charge < -0.3 is 19.8 Å². The predicted molar refractivity (Wildman–Crippen MR) is 101 cm³/mol. The summed E-state index contributed by atoms with van der Waals surface area (Å²) < 4.78 is 10.2. The Morgan fingerprint density at radius 2 is 1.96 bits per heavy atom. The van der Waals surface area contributed by atoms with Crippen LogP contribution in [0.1, 0.15) is 51.5 Å². The molecule has 0 aliphatic heterocycles. The zero-order valence-electron chi connectivity index (χ0n) is 16.1. The van der Waals surface area contributed by atoms with E-state index in [1.54, 1.807) is 39.0 Å². The van der Waals surface area contributed by atoms with Gasteiger partial charge in [0.05, 0.1) is 23.8 Å². The van der Waals surface area contributed by atoms with Crippen molar-refractivity contribution in [1.82, 2.24) is 4.98 Å². The number of anilines is 1. The predicted octanol–water partition coefficient (Wildman–Crippen LogP) is 2.86. The Bertz CT molecular complexity index is 955. The van der Waals surface area contributed by atoms with Crippen LogP contribution in [0.2, 0.25) is 0 Å². The van der Waals surface area contributed by atoms with Crippen LogP contribution < -0.4 is 5.32 Å². The number of aryl methyl sites for hydroxylation is 1.